The van der Waals surface area contributed by atoms with E-state index in [2.05, 4.69) is 0 Å². The number of hydrogen-bond donors (Lipinski definition) is 2. The number of nitrogens with zero attached hydrogens (tertiary/aromatic N) is 8. The minimum Gasteiger partial charge on any atom is -0.486 e. The number of carboxylic acid groups (broad SMARTS) is 2. The summed E-state index contributed by atoms with van der Waals surface area (Å²) in [5, 5.41) is 20.6. The van der Waals surface area contributed by atoms with Crippen LogP contribution in [0.3, 0.4) is 0 Å². The van der Waals surface area contributed by atoms with Gasteiger partial charge < -0.3 is 44.9 Å². The van der Waals surface area contributed by atoms with Crippen molar-refractivity contribution in [2.75, 3.05) is 0 Å². The SMILES string of the molecule is C[n+]1c2nc3[n-]c(nc4nc(nc5[n-]c(nc1-c1ccccc1-2)c1c(Cl)c(OC(CC(=O)O)CC(=O)O)c(Cl)c(Cl)c51)-c1ccccc1-4)c1ccccc31.[Cu+2]. The maximum atomic E-state index is 11.6. The largest absolute Gasteiger partial charge is 2.00 e. The Bertz CT molecular complexity index is 2960. The van der Waals surface area contributed by atoms with E-state index in [1.807, 2.05) is 84.4 Å². The molecule has 0 unspecified atom stereocenters. The predicted molar refractivity (Wildman–Crippen MR) is 201 cm³/mol. The Hall–Kier alpha value is -5.63. The van der Waals surface area contributed by atoms with Crippen LogP contribution in [-0.2, 0) is 33.7 Å². The van der Waals surface area contributed by atoms with Crippen LogP contribution in [-0.4, -0.2) is 53.2 Å². The molecule has 0 spiro atoms. The summed E-state index contributed by atoms with van der Waals surface area (Å²) in [5.74, 6) is -1.11. The van der Waals surface area contributed by atoms with E-state index in [1.54, 1.807) is 0 Å². The van der Waals surface area contributed by atoms with E-state index in [0.717, 1.165) is 21.9 Å². The van der Waals surface area contributed by atoms with Gasteiger partial charge in [0.25, 0.3) is 0 Å². The normalized spacial score (nSPS) is 11.7. The summed E-state index contributed by atoms with van der Waals surface area (Å²) < 4.78 is 7.73. The number of aromatic nitrogens is 8. The molecule has 0 saturated heterocycles. The third-order valence-corrected chi connectivity index (χ3v) is 10.4. The molecule has 7 aromatic rings. The van der Waals surface area contributed by atoms with Gasteiger partial charge in [-0.05, 0) is 10.8 Å². The van der Waals surface area contributed by atoms with E-state index in [9.17, 15) is 19.8 Å². The van der Waals surface area contributed by atoms with Crippen LogP contribution in [0.25, 0.3) is 89.7 Å². The van der Waals surface area contributed by atoms with E-state index >= 15 is 0 Å². The second-order valence-corrected chi connectivity index (χ2v) is 13.7. The standard InChI is InChI=1S/C38H23Cl3N8O5.Cu/c1-49-37-21-12-6-7-13-22(21)38(49)48-36-26-25(27(39)29(41)30(28(26)40)54-16(14-23(50)51)15-24(52)53)35(46-36)45-33-18-9-3-2-8-17(18)31(43-33)42-32-19-10-4-5-11-20(19)34(44-32)47-37;/h2-13,16H,14-15H2,1H3,(H3,42,43,44,45,46,47,48,50,51,52,53);/q;+2/p-1. The molecule has 0 amide bonds. The average molecular weight is 841 g/mol. The quantitative estimate of drug-likeness (QED) is 0.0978. The molecule has 0 fully saturated rings. The second-order valence-electron chi connectivity index (χ2n) is 12.5. The number of benzene rings is 4. The van der Waals surface area contributed by atoms with E-state index < -0.39 is 30.9 Å². The van der Waals surface area contributed by atoms with Crippen molar-refractivity contribution < 1.29 is 46.2 Å². The minimum atomic E-state index is -1.34. The number of carboxylic acids is 2. The Morgan fingerprint density at radius 2 is 1.07 bits per heavy atom. The summed E-state index contributed by atoms with van der Waals surface area (Å²) in [4.78, 5) is 57.8. The maximum absolute atomic E-state index is 11.6. The molecule has 4 aromatic carbocycles. The summed E-state index contributed by atoms with van der Waals surface area (Å²) in [6, 6.07) is 22.8. The fraction of sp³-hybridized carbons (Fsp3) is 0.105. The smallest absolute Gasteiger partial charge is 0.486 e. The molecule has 0 saturated carbocycles. The van der Waals surface area contributed by atoms with Gasteiger partial charge in [-0.25, -0.2) is 4.98 Å². The van der Waals surface area contributed by atoms with Crippen molar-refractivity contribution in [2.24, 2.45) is 7.05 Å². The van der Waals surface area contributed by atoms with Crippen molar-refractivity contribution in [3.63, 3.8) is 0 Å². The molecule has 17 heteroatoms. The van der Waals surface area contributed by atoms with Gasteiger partial charge in [-0.1, -0.05) is 108 Å². The summed E-state index contributed by atoms with van der Waals surface area (Å²) in [7, 11) is 1.82. The van der Waals surface area contributed by atoms with E-state index in [4.69, 9.17) is 74.4 Å². The summed E-state index contributed by atoms with van der Waals surface area (Å²) in [6.45, 7) is 0. The molecule has 2 aliphatic rings. The van der Waals surface area contributed by atoms with Gasteiger partial charge in [-0.15, -0.1) is 0 Å². The second kappa shape index (κ2) is 13.9. The molecular formula is C38H22Cl3CuN8O5+. The van der Waals surface area contributed by atoms with Crippen LogP contribution in [0.1, 0.15) is 12.8 Å². The number of ether oxygens (including phenoxy) is 1. The molecule has 9 rings (SSSR count). The van der Waals surface area contributed by atoms with Crippen molar-refractivity contribution in [3.05, 3.63) is 87.9 Å². The molecule has 3 aromatic heterocycles. The number of rotatable bonds is 6. The van der Waals surface area contributed by atoms with E-state index in [0.29, 0.717) is 39.9 Å². The van der Waals surface area contributed by atoms with Crippen LogP contribution in [0.2, 0.25) is 15.1 Å². The van der Waals surface area contributed by atoms with Crippen molar-refractivity contribution in [3.8, 4) is 51.3 Å². The molecule has 5 heterocycles. The Morgan fingerprint density at radius 1 is 0.636 bits per heavy atom. The number of carbonyl (C=O) groups is 2. The van der Waals surface area contributed by atoms with E-state index in [-0.39, 0.29) is 65.8 Å². The van der Waals surface area contributed by atoms with Crippen molar-refractivity contribution in [1.82, 2.24) is 34.9 Å². The first-order valence-corrected chi connectivity index (χ1v) is 17.5. The number of hydrogen-bond acceptors (Lipinski definition) is 8. The van der Waals surface area contributed by atoms with Gasteiger partial charge in [-0.3, -0.25) is 14.2 Å². The Morgan fingerprint density at radius 3 is 1.64 bits per heavy atom. The van der Waals surface area contributed by atoms with Crippen molar-refractivity contribution in [1.29, 1.82) is 0 Å². The molecule has 0 aliphatic carbocycles. The van der Waals surface area contributed by atoms with Crippen LogP contribution in [0.15, 0.2) is 72.8 Å². The zero-order valence-corrected chi connectivity index (χ0v) is 31.3. The summed E-state index contributed by atoms with van der Waals surface area (Å²) >= 11 is 20.9. The first-order chi connectivity index (χ1) is 26.1. The van der Waals surface area contributed by atoms with Crippen molar-refractivity contribution >= 4 is 90.9 Å². The van der Waals surface area contributed by atoms with Gasteiger partial charge in [0.1, 0.15) is 22.8 Å². The molecule has 13 nitrogen and oxygen atoms in total. The minimum absolute atomic E-state index is 0. The molecule has 8 bridgehead atoms. The molecular weight excluding hydrogens is 818 g/mol. The fourth-order valence-corrected chi connectivity index (χ4v) is 7.65. The first-order valence-electron chi connectivity index (χ1n) is 16.4. The Kier molecular flexibility index (Phi) is 9.19. The van der Waals surface area contributed by atoms with Crippen LogP contribution >= 0.6 is 34.8 Å². The molecule has 275 valence electrons. The third-order valence-electron chi connectivity index (χ3n) is 9.16. The van der Waals surface area contributed by atoms with Gasteiger partial charge in [0.05, 0.1) is 41.6 Å². The van der Waals surface area contributed by atoms with Crippen molar-refractivity contribution in [2.45, 2.75) is 18.9 Å². The number of aliphatic carboxylic acids is 2. The molecule has 55 heavy (non-hydrogen) atoms. The average Bonchev–Trinajstić information content (AvgIpc) is 3.86. The zero-order valence-electron chi connectivity index (χ0n) is 28.1. The first kappa shape index (κ1) is 36.4. The van der Waals surface area contributed by atoms with Gasteiger partial charge in [0, 0.05) is 55.6 Å². The zero-order chi connectivity index (χ0) is 37.4. The van der Waals surface area contributed by atoms with Gasteiger partial charge in [-0.2, -0.15) is 0 Å². The molecule has 1 radical (unpaired) electrons. The monoisotopic (exact) mass is 838 g/mol. The molecule has 2 aliphatic heterocycles. The summed E-state index contributed by atoms with van der Waals surface area (Å²) in [5.41, 5.74) is 3.96. The summed E-state index contributed by atoms with van der Waals surface area (Å²) in [6.07, 6.45) is -2.63. The van der Waals surface area contributed by atoms with Gasteiger partial charge in [0.2, 0.25) is 0 Å². The van der Waals surface area contributed by atoms with Crippen LogP contribution in [0, 0.1) is 0 Å². The van der Waals surface area contributed by atoms with Crippen LogP contribution in [0.4, 0.5) is 0 Å². The Labute approximate surface area is 335 Å². The Balaban J connectivity index is 0.00000427. The van der Waals surface area contributed by atoms with Crippen LogP contribution < -0.4 is 19.3 Å². The third kappa shape index (κ3) is 6.03. The van der Waals surface area contributed by atoms with E-state index in [1.165, 1.54) is 0 Å². The predicted octanol–water partition coefficient (Wildman–Crippen LogP) is 7.21. The maximum Gasteiger partial charge on any atom is 2.00 e. The topological polar surface area (TPSA) is 180 Å². The van der Waals surface area contributed by atoms with Crippen LogP contribution in [0.5, 0.6) is 5.75 Å². The number of fused-ring (bicyclic) bond motifs is 20. The van der Waals surface area contributed by atoms with Gasteiger partial charge >= 0.3 is 29.0 Å². The number of halogens is 3. The fourth-order valence-electron chi connectivity index (χ4n) is 6.78. The van der Waals surface area contributed by atoms with Gasteiger partial charge in [0.15, 0.2) is 5.75 Å². The molecule has 2 N–H and O–H groups in total. The molecule has 0 atom stereocenters.